The van der Waals surface area contributed by atoms with Crippen LogP contribution in [0.5, 0.6) is 0 Å². The van der Waals surface area contributed by atoms with Gasteiger partial charge in [-0.05, 0) is 29.7 Å². The molecule has 3 aliphatic rings. The van der Waals surface area contributed by atoms with Crippen LogP contribution < -0.4 is 15.5 Å². The van der Waals surface area contributed by atoms with E-state index in [1.54, 1.807) is 6.07 Å². The van der Waals surface area contributed by atoms with Gasteiger partial charge in [-0.15, -0.1) is 0 Å². The molecule has 0 aliphatic carbocycles. The van der Waals surface area contributed by atoms with Gasteiger partial charge in [-0.1, -0.05) is 0 Å². The molecule has 3 heterocycles. The average molecular weight is 332 g/mol. The van der Waals surface area contributed by atoms with Gasteiger partial charge in [0.05, 0.1) is 11.7 Å². The fourth-order valence-corrected chi connectivity index (χ4v) is 3.83. The van der Waals surface area contributed by atoms with Crippen LogP contribution in [-0.2, 0) is 22.7 Å². The molecule has 2 saturated heterocycles. The maximum atomic E-state index is 14.5. The fourth-order valence-electron chi connectivity index (χ4n) is 3.83. The van der Waals surface area contributed by atoms with Crippen molar-refractivity contribution in [1.82, 2.24) is 15.5 Å². The number of benzene rings is 1. The monoisotopic (exact) mass is 332 g/mol. The van der Waals surface area contributed by atoms with Crippen LogP contribution in [0.1, 0.15) is 24.0 Å². The molecule has 2 fully saturated rings. The number of anilines is 1. The summed E-state index contributed by atoms with van der Waals surface area (Å²) in [6.07, 6.45) is 0.898. The van der Waals surface area contributed by atoms with Crippen molar-refractivity contribution >= 4 is 17.5 Å². The minimum atomic E-state index is -0.305. The number of imide groups is 1. The quantitative estimate of drug-likeness (QED) is 0.766. The van der Waals surface area contributed by atoms with E-state index in [2.05, 4.69) is 15.5 Å². The third-order valence-corrected chi connectivity index (χ3v) is 5.12. The van der Waals surface area contributed by atoms with Crippen molar-refractivity contribution in [2.45, 2.75) is 32.0 Å². The number of amides is 2. The van der Waals surface area contributed by atoms with Crippen LogP contribution in [0.2, 0.25) is 0 Å². The van der Waals surface area contributed by atoms with Gasteiger partial charge in [-0.3, -0.25) is 19.8 Å². The summed E-state index contributed by atoms with van der Waals surface area (Å²) in [4.78, 5) is 27.5. The van der Waals surface area contributed by atoms with Crippen LogP contribution in [0, 0.1) is 5.82 Å². The van der Waals surface area contributed by atoms with E-state index in [-0.39, 0.29) is 23.7 Å². The SMILES string of the molecule is O=C1CCC(N2Cc3cc(F)c(N4CCNCC4)cc3C2)C(=O)N1. The van der Waals surface area contributed by atoms with Gasteiger partial charge in [0.25, 0.3) is 0 Å². The summed E-state index contributed by atoms with van der Waals surface area (Å²) >= 11 is 0. The lowest BCUT2D eigenvalue weighted by atomic mass is 10.0. The van der Waals surface area contributed by atoms with Crippen LogP contribution >= 0.6 is 0 Å². The van der Waals surface area contributed by atoms with Gasteiger partial charge in [-0.25, -0.2) is 4.39 Å². The third-order valence-electron chi connectivity index (χ3n) is 5.12. The first-order valence-corrected chi connectivity index (χ1v) is 8.46. The molecule has 3 aliphatic heterocycles. The van der Waals surface area contributed by atoms with Crippen molar-refractivity contribution in [2.24, 2.45) is 0 Å². The second-order valence-electron chi connectivity index (χ2n) is 6.68. The second kappa shape index (κ2) is 6.14. The summed E-state index contributed by atoms with van der Waals surface area (Å²) in [6.45, 7) is 4.50. The van der Waals surface area contributed by atoms with Crippen LogP contribution in [0.3, 0.4) is 0 Å². The number of nitrogens with one attached hydrogen (secondary N) is 2. The number of piperazine rings is 1. The maximum Gasteiger partial charge on any atom is 0.243 e. The Balaban J connectivity index is 1.54. The lowest BCUT2D eigenvalue weighted by Gasteiger charge is -2.30. The van der Waals surface area contributed by atoms with Gasteiger partial charge in [0.1, 0.15) is 5.82 Å². The summed E-state index contributed by atoms with van der Waals surface area (Å²) < 4.78 is 14.5. The lowest BCUT2D eigenvalue weighted by molar-refractivity contribution is -0.137. The molecule has 1 atom stereocenters. The molecule has 7 heteroatoms. The number of piperidine rings is 1. The van der Waals surface area contributed by atoms with Gasteiger partial charge in [0.2, 0.25) is 11.8 Å². The van der Waals surface area contributed by atoms with E-state index in [1.165, 1.54) is 0 Å². The van der Waals surface area contributed by atoms with E-state index in [1.807, 2.05) is 11.0 Å². The summed E-state index contributed by atoms with van der Waals surface area (Å²) in [7, 11) is 0. The maximum absolute atomic E-state index is 14.5. The molecular formula is C17H21FN4O2. The summed E-state index contributed by atoms with van der Waals surface area (Å²) in [5, 5.41) is 5.67. The predicted octanol–water partition coefficient (Wildman–Crippen LogP) is 0.356. The van der Waals surface area contributed by atoms with E-state index in [4.69, 9.17) is 0 Å². The summed E-state index contributed by atoms with van der Waals surface area (Å²) in [6, 6.07) is 3.24. The van der Waals surface area contributed by atoms with E-state index in [0.717, 1.165) is 37.3 Å². The Bertz CT molecular complexity index is 687. The van der Waals surface area contributed by atoms with Gasteiger partial charge in [0, 0.05) is 45.7 Å². The molecule has 24 heavy (non-hydrogen) atoms. The largest absolute Gasteiger partial charge is 0.367 e. The van der Waals surface area contributed by atoms with E-state index in [9.17, 15) is 14.0 Å². The third kappa shape index (κ3) is 2.78. The van der Waals surface area contributed by atoms with Gasteiger partial charge < -0.3 is 10.2 Å². The van der Waals surface area contributed by atoms with Crippen LogP contribution in [-0.4, -0.2) is 48.9 Å². The lowest BCUT2D eigenvalue weighted by Crippen LogP contribution is -2.50. The molecule has 0 bridgehead atoms. The minimum absolute atomic E-state index is 0.194. The number of hydrogen-bond donors (Lipinski definition) is 2. The Morgan fingerprint density at radius 1 is 1.08 bits per heavy atom. The number of halogens is 1. The first-order valence-electron chi connectivity index (χ1n) is 8.46. The van der Waals surface area contributed by atoms with Crippen molar-refractivity contribution in [2.75, 3.05) is 31.1 Å². The molecule has 0 saturated carbocycles. The molecule has 2 N–H and O–H groups in total. The molecule has 6 nitrogen and oxygen atoms in total. The molecule has 128 valence electrons. The second-order valence-corrected chi connectivity index (χ2v) is 6.68. The Labute approximate surface area is 140 Å². The van der Waals surface area contributed by atoms with Gasteiger partial charge in [0.15, 0.2) is 0 Å². The van der Waals surface area contributed by atoms with Crippen molar-refractivity contribution < 1.29 is 14.0 Å². The Morgan fingerprint density at radius 3 is 2.50 bits per heavy atom. The highest BCUT2D eigenvalue weighted by molar-refractivity contribution is 6.00. The summed E-state index contributed by atoms with van der Waals surface area (Å²) in [5.41, 5.74) is 2.67. The zero-order chi connectivity index (χ0) is 16.7. The fraction of sp³-hybridized carbons (Fsp3) is 0.529. The van der Waals surface area contributed by atoms with Crippen molar-refractivity contribution in [3.05, 3.63) is 29.1 Å². The Hall–Kier alpha value is -1.99. The van der Waals surface area contributed by atoms with Gasteiger partial charge >= 0.3 is 0 Å². The molecule has 4 rings (SSSR count). The Kier molecular flexibility index (Phi) is 3.97. The van der Waals surface area contributed by atoms with E-state index < -0.39 is 0 Å². The van der Waals surface area contributed by atoms with Crippen LogP contribution in [0.15, 0.2) is 12.1 Å². The standard InChI is InChI=1S/C17H21FN4O2/c18-13-7-11-9-22(14-1-2-16(23)20-17(14)24)10-12(11)8-15(13)21-5-3-19-4-6-21/h7-8,14,19H,1-6,9-10H2,(H,20,23,24). The molecule has 1 aromatic carbocycles. The first-order chi connectivity index (χ1) is 11.6. The number of nitrogens with zero attached hydrogens (tertiary/aromatic N) is 2. The smallest absolute Gasteiger partial charge is 0.243 e. The highest BCUT2D eigenvalue weighted by atomic mass is 19.1. The molecule has 0 spiro atoms. The van der Waals surface area contributed by atoms with Crippen molar-refractivity contribution in [3.8, 4) is 0 Å². The minimum Gasteiger partial charge on any atom is -0.367 e. The molecule has 1 aromatic rings. The molecule has 0 radical (unpaired) electrons. The number of hydrogen-bond acceptors (Lipinski definition) is 5. The van der Waals surface area contributed by atoms with Crippen molar-refractivity contribution in [1.29, 1.82) is 0 Å². The zero-order valence-corrected chi connectivity index (χ0v) is 13.5. The average Bonchev–Trinajstić information content (AvgIpc) is 2.97. The van der Waals surface area contributed by atoms with E-state index in [0.29, 0.717) is 31.6 Å². The van der Waals surface area contributed by atoms with Gasteiger partial charge in [-0.2, -0.15) is 0 Å². The zero-order valence-electron chi connectivity index (χ0n) is 13.5. The number of fused-ring (bicyclic) bond motifs is 1. The normalized spacial score (nSPS) is 24.9. The number of carbonyl (C=O) groups is 2. The topological polar surface area (TPSA) is 64.7 Å². The highest BCUT2D eigenvalue weighted by Crippen LogP contribution is 2.32. The Morgan fingerprint density at radius 2 is 1.79 bits per heavy atom. The van der Waals surface area contributed by atoms with E-state index >= 15 is 0 Å². The predicted molar refractivity (Wildman–Crippen MR) is 86.9 cm³/mol. The number of rotatable bonds is 2. The molecular weight excluding hydrogens is 311 g/mol. The molecule has 2 amide bonds. The highest BCUT2D eigenvalue weighted by Gasteiger charge is 2.35. The first kappa shape index (κ1) is 15.5. The molecule has 0 aromatic heterocycles. The van der Waals surface area contributed by atoms with Crippen molar-refractivity contribution in [3.63, 3.8) is 0 Å². The van der Waals surface area contributed by atoms with Crippen LogP contribution in [0.25, 0.3) is 0 Å². The summed E-state index contributed by atoms with van der Waals surface area (Å²) in [5.74, 6) is -0.636. The molecule has 1 unspecified atom stereocenters. The van der Waals surface area contributed by atoms with Crippen LogP contribution in [0.4, 0.5) is 10.1 Å². The number of carbonyl (C=O) groups excluding carboxylic acids is 2.